The van der Waals surface area contributed by atoms with Crippen molar-refractivity contribution in [1.29, 1.82) is 5.26 Å². The van der Waals surface area contributed by atoms with E-state index in [9.17, 15) is 14.4 Å². The van der Waals surface area contributed by atoms with Crippen LogP contribution in [0.1, 0.15) is 51.8 Å². The lowest BCUT2D eigenvalue weighted by molar-refractivity contribution is -0.173. The number of alkyl halides is 1. The van der Waals surface area contributed by atoms with Crippen LogP contribution in [0.25, 0.3) is 11.0 Å². The number of aryl methyl sites for hydroxylation is 1. The number of nitriles is 1. The number of piperazine rings is 1. The van der Waals surface area contributed by atoms with Crippen LogP contribution < -0.4 is 20.1 Å². The average molecular weight is 521 g/mol. The molecule has 0 aliphatic carbocycles. The first-order chi connectivity index (χ1) is 18.1. The number of hydrogen-bond acceptors (Lipinski definition) is 8. The number of benzene rings is 1. The number of pyridine rings is 1. The van der Waals surface area contributed by atoms with Crippen LogP contribution in [-0.2, 0) is 13.6 Å². The smallest absolute Gasteiger partial charge is 0.404 e. The highest BCUT2D eigenvalue weighted by atomic mass is 19.2. The van der Waals surface area contributed by atoms with E-state index < -0.39 is 6.04 Å². The van der Waals surface area contributed by atoms with Crippen molar-refractivity contribution >= 4 is 16.9 Å². The van der Waals surface area contributed by atoms with Gasteiger partial charge in [0.2, 0.25) is 0 Å². The number of halogens is 1. The quantitative estimate of drug-likeness (QED) is 0.479. The summed E-state index contributed by atoms with van der Waals surface area (Å²) in [5, 5.41) is 9.48. The highest BCUT2D eigenvalue weighted by Crippen LogP contribution is 2.41. The number of ether oxygens (including phenoxy) is 2. The first kappa shape index (κ1) is 25.9. The molecular weight excluding hydrogens is 487 g/mol. The Kier molecular flexibility index (Phi) is 6.73. The molecule has 2 aliphatic heterocycles. The molecule has 2 aromatic heterocycles. The molecule has 4 heterocycles. The predicted molar refractivity (Wildman–Crippen MR) is 142 cm³/mol. The van der Waals surface area contributed by atoms with Gasteiger partial charge in [0, 0.05) is 45.7 Å². The van der Waals surface area contributed by atoms with Gasteiger partial charge >= 0.3 is 11.7 Å². The molecule has 0 radical (unpaired) electrons. The Balaban J connectivity index is 1.51. The van der Waals surface area contributed by atoms with Gasteiger partial charge < -0.3 is 14.4 Å². The number of rotatable bonds is 6. The van der Waals surface area contributed by atoms with Crippen LogP contribution in [-0.4, -0.2) is 50.6 Å². The van der Waals surface area contributed by atoms with Gasteiger partial charge in [-0.15, -0.1) is 0 Å². The largest absolute Gasteiger partial charge is 0.423 e. The zero-order valence-electron chi connectivity index (χ0n) is 22.4. The van der Waals surface area contributed by atoms with Gasteiger partial charge in [0.25, 0.3) is 0 Å². The number of aromatic nitrogens is 3. The van der Waals surface area contributed by atoms with Crippen molar-refractivity contribution in [3.05, 3.63) is 52.1 Å². The van der Waals surface area contributed by atoms with Crippen LogP contribution in [0.2, 0.25) is 0 Å². The van der Waals surface area contributed by atoms with Crippen LogP contribution in [0.3, 0.4) is 0 Å². The second-order valence-corrected chi connectivity index (χ2v) is 10.4. The Hall–Kier alpha value is -3.71. The van der Waals surface area contributed by atoms with E-state index in [1.165, 1.54) is 11.5 Å². The van der Waals surface area contributed by atoms with E-state index in [1.54, 1.807) is 25.2 Å². The Labute approximate surface area is 221 Å². The monoisotopic (exact) mass is 520 g/mol. The number of hydrogen-bond donors (Lipinski definition) is 0. The maximum atomic E-state index is 14.2. The SMILES string of the molecule is CCC(C)C1CN(Cc2ccc3c(c2)OC(C)(F)O3)[C@H](CC)CN1c1nc(=O)n(C)c2ccc(C#N)nc12. The molecule has 38 heavy (non-hydrogen) atoms. The molecule has 0 spiro atoms. The molecule has 200 valence electrons. The van der Waals surface area contributed by atoms with E-state index >= 15 is 0 Å². The highest BCUT2D eigenvalue weighted by Gasteiger charge is 2.39. The van der Waals surface area contributed by atoms with Crippen LogP contribution in [0.4, 0.5) is 10.2 Å². The topological polar surface area (TPSA) is 96.5 Å². The molecule has 0 bridgehead atoms. The molecule has 1 aromatic carbocycles. The molecule has 0 N–H and O–H groups in total. The summed E-state index contributed by atoms with van der Waals surface area (Å²) in [5.74, 6) is 1.65. The normalized spacial score (nSPS) is 24.0. The van der Waals surface area contributed by atoms with Crippen LogP contribution in [0, 0.1) is 17.2 Å². The summed E-state index contributed by atoms with van der Waals surface area (Å²) in [4.78, 5) is 26.6. The maximum absolute atomic E-state index is 14.2. The fourth-order valence-electron chi connectivity index (χ4n) is 5.48. The fraction of sp³-hybridized carbons (Fsp3) is 0.500. The average Bonchev–Trinajstić information content (AvgIpc) is 3.22. The van der Waals surface area contributed by atoms with Crippen molar-refractivity contribution in [2.75, 3.05) is 18.0 Å². The van der Waals surface area contributed by atoms with Gasteiger partial charge in [0.05, 0.1) is 5.52 Å². The van der Waals surface area contributed by atoms with E-state index in [4.69, 9.17) is 9.47 Å². The van der Waals surface area contributed by atoms with E-state index in [-0.39, 0.29) is 23.5 Å². The molecule has 10 heteroatoms. The molecule has 5 rings (SSSR count). The van der Waals surface area contributed by atoms with Gasteiger partial charge in [-0.3, -0.25) is 9.47 Å². The van der Waals surface area contributed by atoms with E-state index in [2.05, 4.69) is 46.6 Å². The van der Waals surface area contributed by atoms with Crippen molar-refractivity contribution in [2.24, 2.45) is 13.0 Å². The highest BCUT2D eigenvalue weighted by molar-refractivity contribution is 5.86. The molecule has 1 fully saturated rings. The van der Waals surface area contributed by atoms with Crippen molar-refractivity contribution in [2.45, 2.75) is 65.2 Å². The zero-order valence-corrected chi connectivity index (χ0v) is 22.4. The fourth-order valence-corrected chi connectivity index (χ4v) is 5.48. The Morgan fingerprint density at radius 2 is 1.95 bits per heavy atom. The summed E-state index contributed by atoms with van der Waals surface area (Å²) in [6.45, 7) is 9.84. The van der Waals surface area contributed by atoms with Gasteiger partial charge in [-0.25, -0.2) is 9.78 Å². The lowest BCUT2D eigenvalue weighted by Crippen LogP contribution is -2.60. The maximum Gasteiger partial charge on any atom is 0.404 e. The van der Waals surface area contributed by atoms with Crippen molar-refractivity contribution in [3.8, 4) is 17.6 Å². The first-order valence-electron chi connectivity index (χ1n) is 13.1. The van der Waals surface area contributed by atoms with Crippen LogP contribution >= 0.6 is 0 Å². The number of nitrogens with zero attached hydrogens (tertiary/aromatic N) is 6. The third-order valence-corrected chi connectivity index (χ3v) is 7.82. The number of fused-ring (bicyclic) bond motifs is 2. The first-order valence-corrected chi connectivity index (χ1v) is 13.1. The Bertz CT molecular complexity index is 1470. The summed E-state index contributed by atoms with van der Waals surface area (Å²) in [6.07, 6.45) is 1.83. The molecule has 2 aliphatic rings. The minimum atomic E-state index is -2.15. The van der Waals surface area contributed by atoms with Gasteiger partial charge in [-0.05, 0) is 42.2 Å². The minimum absolute atomic E-state index is 0.0706. The molecule has 3 unspecified atom stereocenters. The van der Waals surface area contributed by atoms with Gasteiger partial charge in [0.15, 0.2) is 17.3 Å². The summed E-state index contributed by atoms with van der Waals surface area (Å²) >= 11 is 0. The Morgan fingerprint density at radius 1 is 1.18 bits per heavy atom. The molecule has 1 saturated heterocycles. The second-order valence-electron chi connectivity index (χ2n) is 10.4. The number of anilines is 1. The lowest BCUT2D eigenvalue weighted by atomic mass is 9.92. The Morgan fingerprint density at radius 3 is 2.66 bits per heavy atom. The van der Waals surface area contributed by atoms with Gasteiger partial charge in [0.1, 0.15) is 17.3 Å². The molecular formula is C28H33FN6O3. The summed E-state index contributed by atoms with van der Waals surface area (Å²) in [5.41, 5.74) is 2.16. The molecule has 4 atom stereocenters. The standard InChI is InChI=1S/C28H33FN6O3/c1-6-17(3)22-16-34(14-18-8-11-23-24(12-18)38-28(4,29)37-23)20(7-2)15-35(22)26-25-21(33(5)27(36)32-26)10-9-19(13-30)31-25/h8-12,17,20,22H,6-7,14-16H2,1-5H3/t17?,20-,22?,28?/m1/s1. The van der Waals surface area contributed by atoms with Crippen molar-refractivity contribution in [3.63, 3.8) is 0 Å². The molecule has 3 aromatic rings. The van der Waals surface area contributed by atoms with Crippen LogP contribution in [0.5, 0.6) is 11.5 Å². The van der Waals surface area contributed by atoms with E-state index in [0.717, 1.165) is 24.9 Å². The molecule has 0 amide bonds. The zero-order chi connectivity index (χ0) is 27.2. The van der Waals surface area contributed by atoms with Gasteiger partial charge in [-0.2, -0.15) is 14.6 Å². The summed E-state index contributed by atoms with van der Waals surface area (Å²) in [6, 6.07) is 9.15. The molecule has 9 nitrogen and oxygen atoms in total. The van der Waals surface area contributed by atoms with Crippen molar-refractivity contribution < 1.29 is 13.9 Å². The second kappa shape index (κ2) is 9.87. The third kappa shape index (κ3) is 4.67. The minimum Gasteiger partial charge on any atom is -0.423 e. The van der Waals surface area contributed by atoms with E-state index in [0.29, 0.717) is 47.4 Å². The van der Waals surface area contributed by atoms with Crippen LogP contribution in [0.15, 0.2) is 35.1 Å². The van der Waals surface area contributed by atoms with Crippen molar-refractivity contribution in [1.82, 2.24) is 19.4 Å². The third-order valence-electron chi connectivity index (χ3n) is 7.82. The summed E-state index contributed by atoms with van der Waals surface area (Å²) < 4.78 is 26.2. The predicted octanol–water partition coefficient (Wildman–Crippen LogP) is 4.13. The lowest BCUT2D eigenvalue weighted by Gasteiger charge is -2.49. The van der Waals surface area contributed by atoms with E-state index in [1.807, 2.05) is 12.1 Å². The molecule has 0 saturated carbocycles. The summed E-state index contributed by atoms with van der Waals surface area (Å²) in [7, 11) is 1.67. The van der Waals surface area contributed by atoms with Gasteiger partial charge in [-0.1, -0.05) is 33.3 Å².